The predicted octanol–water partition coefficient (Wildman–Crippen LogP) is 0.611. The first kappa shape index (κ1) is 14.8. The van der Waals surface area contributed by atoms with Gasteiger partial charge in [-0.15, -0.1) is 0 Å². The molecule has 7 nitrogen and oxygen atoms in total. The molecule has 0 saturated heterocycles. The lowest BCUT2D eigenvalue weighted by Gasteiger charge is -2.29. The van der Waals surface area contributed by atoms with E-state index >= 15 is 0 Å². The molecule has 0 aliphatic heterocycles. The fraction of sp³-hybridized carbons (Fsp3) is 0.533. The smallest absolute Gasteiger partial charge is 0.244 e. The van der Waals surface area contributed by atoms with E-state index in [1.165, 1.54) is 0 Å². The Morgan fingerprint density at radius 1 is 1.50 bits per heavy atom. The van der Waals surface area contributed by atoms with Gasteiger partial charge in [-0.25, -0.2) is 4.98 Å². The normalized spacial score (nSPS) is 24.6. The topological polar surface area (TPSA) is 76.2 Å². The maximum absolute atomic E-state index is 12.4. The summed E-state index contributed by atoms with van der Waals surface area (Å²) in [4.78, 5) is 18.1. The Hall–Kier alpha value is -2.15. The zero-order valence-corrected chi connectivity index (χ0v) is 12.8. The fourth-order valence-corrected chi connectivity index (χ4v) is 3.14. The highest BCUT2D eigenvalue weighted by atomic mass is 16.3. The van der Waals surface area contributed by atoms with E-state index in [1.807, 2.05) is 23.9 Å². The van der Waals surface area contributed by atoms with Gasteiger partial charge in [0, 0.05) is 25.6 Å². The number of hydrogen-bond acceptors (Lipinski definition) is 4. The highest BCUT2D eigenvalue weighted by Gasteiger charge is 2.39. The molecule has 7 heteroatoms. The van der Waals surface area contributed by atoms with Crippen LogP contribution in [0.3, 0.4) is 0 Å². The van der Waals surface area contributed by atoms with Gasteiger partial charge in [-0.3, -0.25) is 9.48 Å². The first-order valence-electron chi connectivity index (χ1n) is 7.46. The molecular weight excluding hydrogens is 282 g/mol. The number of aromatic nitrogens is 4. The highest BCUT2D eigenvalue weighted by molar-refractivity contribution is 5.76. The van der Waals surface area contributed by atoms with Gasteiger partial charge in [0.25, 0.3) is 0 Å². The van der Waals surface area contributed by atoms with Crippen LogP contribution in [-0.2, 0) is 11.3 Å². The molecule has 1 saturated carbocycles. The Balaban J connectivity index is 1.65. The van der Waals surface area contributed by atoms with Crippen molar-refractivity contribution in [2.75, 3.05) is 7.05 Å². The summed E-state index contributed by atoms with van der Waals surface area (Å²) in [7, 11) is 1.75. The number of hydrogen-bond donors (Lipinski definition) is 1. The summed E-state index contributed by atoms with van der Waals surface area (Å²) in [5, 5.41) is 14.7. The Kier molecular flexibility index (Phi) is 3.98. The third kappa shape index (κ3) is 2.76. The van der Waals surface area contributed by atoms with Gasteiger partial charge < -0.3 is 14.6 Å². The molecule has 0 radical (unpaired) electrons. The maximum Gasteiger partial charge on any atom is 0.244 e. The molecule has 1 aliphatic rings. The van der Waals surface area contributed by atoms with Crippen LogP contribution in [0.1, 0.15) is 24.4 Å². The average Bonchev–Trinajstić information content (AvgIpc) is 3.19. The molecule has 0 unspecified atom stereocenters. The highest BCUT2D eigenvalue weighted by Crippen LogP contribution is 2.33. The van der Waals surface area contributed by atoms with E-state index in [1.54, 1.807) is 35.4 Å². The van der Waals surface area contributed by atoms with Crippen LogP contribution in [-0.4, -0.2) is 54.4 Å². The van der Waals surface area contributed by atoms with Gasteiger partial charge in [0.2, 0.25) is 5.91 Å². The van der Waals surface area contributed by atoms with Gasteiger partial charge in [-0.1, -0.05) is 0 Å². The number of aliphatic hydroxyl groups excluding tert-OH is 1. The van der Waals surface area contributed by atoms with E-state index in [0.29, 0.717) is 0 Å². The van der Waals surface area contributed by atoms with Crippen LogP contribution in [0.5, 0.6) is 0 Å². The SMILES string of the molecule is Cc1cnn(CC(=O)N(C)[C@@H]2CC[C@@H](n3ccnc3)[C@@H]2O)c1. The Labute approximate surface area is 129 Å². The lowest BCUT2D eigenvalue weighted by Crippen LogP contribution is -2.44. The van der Waals surface area contributed by atoms with Gasteiger partial charge in [0.05, 0.1) is 30.7 Å². The number of amides is 1. The van der Waals surface area contributed by atoms with Gasteiger partial charge in [0.15, 0.2) is 0 Å². The molecule has 0 bridgehead atoms. The third-order valence-corrected chi connectivity index (χ3v) is 4.40. The maximum atomic E-state index is 12.4. The van der Waals surface area contributed by atoms with Crippen molar-refractivity contribution in [1.82, 2.24) is 24.2 Å². The molecule has 0 spiro atoms. The van der Waals surface area contributed by atoms with Crippen molar-refractivity contribution in [3.05, 3.63) is 36.7 Å². The minimum atomic E-state index is -0.581. The lowest BCUT2D eigenvalue weighted by molar-refractivity contribution is -0.134. The zero-order chi connectivity index (χ0) is 15.7. The number of imidazole rings is 1. The largest absolute Gasteiger partial charge is 0.389 e. The van der Waals surface area contributed by atoms with Gasteiger partial charge in [0.1, 0.15) is 6.54 Å². The standard InChI is InChI=1S/C15H21N5O2/c1-11-7-17-20(8-11)9-14(21)18(2)12-3-4-13(15(12)22)19-6-5-16-10-19/h5-8,10,12-13,15,22H,3-4,9H2,1-2H3/t12-,13-,15-/m1/s1. The van der Waals surface area contributed by atoms with Gasteiger partial charge in [-0.05, 0) is 25.3 Å². The van der Waals surface area contributed by atoms with Crippen LogP contribution in [0, 0.1) is 6.92 Å². The minimum Gasteiger partial charge on any atom is -0.389 e. The second-order valence-electron chi connectivity index (χ2n) is 5.93. The molecule has 3 rings (SSSR count). The number of nitrogens with zero attached hydrogens (tertiary/aromatic N) is 5. The van der Waals surface area contributed by atoms with Crippen molar-refractivity contribution in [2.24, 2.45) is 0 Å². The Morgan fingerprint density at radius 2 is 2.32 bits per heavy atom. The Morgan fingerprint density at radius 3 is 2.95 bits per heavy atom. The first-order valence-corrected chi connectivity index (χ1v) is 7.46. The van der Waals surface area contributed by atoms with E-state index in [9.17, 15) is 9.90 Å². The molecule has 1 aliphatic carbocycles. The summed E-state index contributed by atoms with van der Waals surface area (Å²) in [6.07, 6.45) is 9.87. The summed E-state index contributed by atoms with van der Waals surface area (Å²) < 4.78 is 3.54. The predicted molar refractivity (Wildman–Crippen MR) is 80.0 cm³/mol. The number of likely N-dealkylation sites (N-methyl/N-ethyl adjacent to an activating group) is 1. The first-order chi connectivity index (χ1) is 10.6. The van der Waals surface area contributed by atoms with Crippen molar-refractivity contribution in [1.29, 1.82) is 0 Å². The zero-order valence-electron chi connectivity index (χ0n) is 12.8. The summed E-state index contributed by atoms with van der Waals surface area (Å²) >= 11 is 0. The third-order valence-electron chi connectivity index (χ3n) is 4.40. The van der Waals surface area contributed by atoms with E-state index < -0.39 is 6.10 Å². The molecule has 2 heterocycles. The van der Waals surface area contributed by atoms with Crippen molar-refractivity contribution in [3.8, 4) is 0 Å². The van der Waals surface area contributed by atoms with Crippen LogP contribution in [0.15, 0.2) is 31.1 Å². The van der Waals surface area contributed by atoms with E-state index in [4.69, 9.17) is 0 Å². The molecular formula is C15H21N5O2. The molecule has 1 N–H and O–H groups in total. The average molecular weight is 303 g/mol. The van der Waals surface area contributed by atoms with Crippen molar-refractivity contribution >= 4 is 5.91 Å². The minimum absolute atomic E-state index is 0.0188. The van der Waals surface area contributed by atoms with E-state index in [2.05, 4.69) is 10.1 Å². The van der Waals surface area contributed by atoms with Gasteiger partial charge >= 0.3 is 0 Å². The monoisotopic (exact) mass is 303 g/mol. The number of carbonyl (C=O) groups is 1. The lowest BCUT2D eigenvalue weighted by atomic mass is 10.1. The molecule has 118 valence electrons. The van der Waals surface area contributed by atoms with Gasteiger partial charge in [-0.2, -0.15) is 5.10 Å². The van der Waals surface area contributed by atoms with Crippen LogP contribution in [0.4, 0.5) is 0 Å². The summed E-state index contributed by atoms with van der Waals surface area (Å²) in [5.41, 5.74) is 1.02. The number of rotatable bonds is 4. The number of aliphatic hydroxyl groups is 1. The molecule has 0 aromatic carbocycles. The summed E-state index contributed by atoms with van der Waals surface area (Å²) in [5.74, 6) is -0.0431. The van der Waals surface area contributed by atoms with Crippen molar-refractivity contribution < 1.29 is 9.90 Å². The second kappa shape index (κ2) is 5.92. The molecule has 22 heavy (non-hydrogen) atoms. The van der Waals surface area contributed by atoms with Crippen LogP contribution in [0.2, 0.25) is 0 Å². The quantitative estimate of drug-likeness (QED) is 0.898. The summed E-state index contributed by atoms with van der Waals surface area (Å²) in [6, 6.07) is -0.189. The van der Waals surface area contributed by atoms with Crippen LogP contribution >= 0.6 is 0 Å². The van der Waals surface area contributed by atoms with Crippen LogP contribution < -0.4 is 0 Å². The van der Waals surface area contributed by atoms with E-state index in [-0.39, 0.29) is 24.5 Å². The fourth-order valence-electron chi connectivity index (χ4n) is 3.14. The van der Waals surface area contributed by atoms with Crippen molar-refractivity contribution in [2.45, 2.75) is 44.5 Å². The molecule has 2 aromatic rings. The van der Waals surface area contributed by atoms with Crippen molar-refractivity contribution in [3.63, 3.8) is 0 Å². The number of aryl methyl sites for hydroxylation is 1. The van der Waals surface area contributed by atoms with Crippen LogP contribution in [0.25, 0.3) is 0 Å². The molecule has 3 atom stereocenters. The number of carbonyl (C=O) groups excluding carboxylic acids is 1. The summed E-state index contributed by atoms with van der Waals surface area (Å²) in [6.45, 7) is 2.14. The molecule has 2 aromatic heterocycles. The molecule has 1 fully saturated rings. The second-order valence-corrected chi connectivity index (χ2v) is 5.93. The molecule has 1 amide bonds. The Bertz CT molecular complexity index is 636. The van der Waals surface area contributed by atoms with E-state index in [0.717, 1.165) is 18.4 Å².